The molecule has 3 aromatic rings. The summed E-state index contributed by atoms with van der Waals surface area (Å²) in [7, 11) is 0. The third kappa shape index (κ3) is 5.09. The number of anilines is 1. The molecule has 172 valence electrons. The van der Waals surface area contributed by atoms with Gasteiger partial charge in [0.2, 0.25) is 0 Å². The predicted molar refractivity (Wildman–Crippen MR) is 118 cm³/mol. The van der Waals surface area contributed by atoms with Crippen molar-refractivity contribution < 1.29 is 22.7 Å². The molecule has 1 unspecified atom stereocenters. The van der Waals surface area contributed by atoms with Crippen LogP contribution in [0.3, 0.4) is 0 Å². The van der Waals surface area contributed by atoms with E-state index >= 15 is 0 Å². The zero-order valence-corrected chi connectivity index (χ0v) is 17.7. The van der Waals surface area contributed by atoms with Crippen LogP contribution in [0.4, 0.5) is 19.0 Å². The van der Waals surface area contributed by atoms with Crippen molar-refractivity contribution in [3.05, 3.63) is 77.5 Å². The van der Waals surface area contributed by atoms with Crippen LogP contribution in [-0.4, -0.2) is 34.9 Å². The van der Waals surface area contributed by atoms with Gasteiger partial charge in [-0.25, -0.2) is 4.98 Å². The summed E-state index contributed by atoms with van der Waals surface area (Å²) < 4.78 is 45.3. The maximum Gasteiger partial charge on any atom is 0.416 e. The summed E-state index contributed by atoms with van der Waals surface area (Å²) >= 11 is 0. The summed E-state index contributed by atoms with van der Waals surface area (Å²) in [6.45, 7) is 0.874. The van der Waals surface area contributed by atoms with Gasteiger partial charge < -0.3 is 21.1 Å². The monoisotopic (exact) mass is 456 g/mol. The maximum absolute atomic E-state index is 13.2. The van der Waals surface area contributed by atoms with E-state index in [9.17, 15) is 18.0 Å². The number of ether oxygens (including phenoxy) is 1. The second-order valence-corrected chi connectivity index (χ2v) is 7.93. The average Bonchev–Trinajstić information content (AvgIpc) is 3.24. The van der Waals surface area contributed by atoms with E-state index in [-0.39, 0.29) is 35.7 Å². The quantitative estimate of drug-likeness (QED) is 0.603. The van der Waals surface area contributed by atoms with Gasteiger partial charge in [-0.15, -0.1) is 0 Å². The molecule has 1 aromatic heterocycles. The van der Waals surface area contributed by atoms with Gasteiger partial charge in [-0.3, -0.25) is 4.79 Å². The number of rotatable bonds is 5. The summed E-state index contributed by atoms with van der Waals surface area (Å²) in [5.41, 5.74) is 13.0. The first-order valence-corrected chi connectivity index (χ1v) is 10.4. The number of aromatic nitrogens is 1. The minimum atomic E-state index is -4.48. The van der Waals surface area contributed by atoms with Gasteiger partial charge in [0.05, 0.1) is 5.56 Å². The number of likely N-dealkylation sites (tertiary alicyclic amines) is 1. The molecule has 4 rings (SSSR count). The molecule has 4 N–H and O–H groups in total. The van der Waals surface area contributed by atoms with Crippen LogP contribution in [-0.2, 0) is 12.8 Å². The molecule has 2 aromatic carbocycles. The number of benzene rings is 2. The molecule has 1 saturated heterocycles. The minimum Gasteiger partial charge on any atom is -0.485 e. The lowest BCUT2D eigenvalue weighted by Gasteiger charge is -2.16. The van der Waals surface area contributed by atoms with E-state index in [2.05, 4.69) is 4.98 Å². The largest absolute Gasteiger partial charge is 0.485 e. The molecule has 1 atom stereocenters. The van der Waals surface area contributed by atoms with E-state index < -0.39 is 11.7 Å². The molecular weight excluding hydrogens is 433 g/mol. The summed E-state index contributed by atoms with van der Waals surface area (Å²) in [5, 5.41) is 0. The molecule has 33 heavy (non-hydrogen) atoms. The second kappa shape index (κ2) is 9.11. The second-order valence-electron chi connectivity index (χ2n) is 7.93. The third-order valence-electron chi connectivity index (χ3n) is 5.56. The number of halogens is 3. The average molecular weight is 456 g/mol. The Morgan fingerprint density at radius 3 is 2.52 bits per heavy atom. The highest BCUT2D eigenvalue weighted by molar-refractivity contribution is 5.95. The van der Waals surface area contributed by atoms with Crippen molar-refractivity contribution in [2.45, 2.75) is 25.2 Å². The Bertz CT molecular complexity index is 1150. The highest BCUT2D eigenvalue weighted by Gasteiger charge is 2.33. The molecule has 1 amide bonds. The van der Waals surface area contributed by atoms with Crippen molar-refractivity contribution in [2.75, 3.05) is 18.8 Å². The van der Waals surface area contributed by atoms with Crippen LogP contribution in [0.2, 0.25) is 0 Å². The highest BCUT2D eigenvalue weighted by Crippen LogP contribution is 2.33. The zero-order chi connectivity index (χ0) is 23.6. The zero-order valence-electron chi connectivity index (χ0n) is 17.7. The molecule has 0 radical (unpaired) electrons. The van der Waals surface area contributed by atoms with E-state index in [1.165, 1.54) is 18.2 Å². The molecule has 0 aliphatic carbocycles. The number of nitrogen functional groups attached to an aromatic ring is 1. The van der Waals surface area contributed by atoms with Gasteiger partial charge in [-0.1, -0.05) is 30.3 Å². The molecule has 0 spiro atoms. The van der Waals surface area contributed by atoms with Crippen LogP contribution in [0.1, 0.15) is 27.9 Å². The van der Waals surface area contributed by atoms with Crippen molar-refractivity contribution in [1.82, 2.24) is 9.88 Å². The lowest BCUT2D eigenvalue weighted by Crippen LogP contribution is -2.31. The van der Waals surface area contributed by atoms with Crippen LogP contribution < -0.4 is 16.2 Å². The summed E-state index contributed by atoms with van der Waals surface area (Å²) in [4.78, 5) is 18.4. The number of hydrogen-bond donors (Lipinski definition) is 2. The SMILES string of the molecule is Nc1ncc(-c2ccc(C(=O)N3CCC(N)C3)cc2)cc1OCc1ccccc1C(F)(F)F. The smallest absolute Gasteiger partial charge is 0.416 e. The fraction of sp³-hybridized carbons (Fsp3) is 0.250. The van der Waals surface area contributed by atoms with Crippen LogP contribution in [0.25, 0.3) is 11.1 Å². The van der Waals surface area contributed by atoms with E-state index in [0.29, 0.717) is 24.2 Å². The number of pyridine rings is 1. The van der Waals surface area contributed by atoms with Gasteiger partial charge in [0.25, 0.3) is 5.91 Å². The fourth-order valence-electron chi connectivity index (χ4n) is 3.77. The van der Waals surface area contributed by atoms with E-state index in [1.54, 1.807) is 41.4 Å². The Morgan fingerprint density at radius 2 is 1.85 bits per heavy atom. The Balaban J connectivity index is 1.50. The van der Waals surface area contributed by atoms with Crippen molar-refractivity contribution in [3.8, 4) is 16.9 Å². The molecule has 2 heterocycles. The first kappa shape index (κ1) is 22.6. The Kier molecular flexibility index (Phi) is 6.24. The molecular formula is C24H23F3N4O2. The first-order valence-electron chi connectivity index (χ1n) is 10.4. The van der Waals surface area contributed by atoms with Crippen molar-refractivity contribution >= 4 is 11.7 Å². The van der Waals surface area contributed by atoms with Gasteiger partial charge in [-0.05, 0) is 36.2 Å². The van der Waals surface area contributed by atoms with Gasteiger partial charge in [0, 0.05) is 42.0 Å². The van der Waals surface area contributed by atoms with Crippen molar-refractivity contribution in [3.63, 3.8) is 0 Å². The maximum atomic E-state index is 13.2. The number of carbonyl (C=O) groups excluding carboxylic acids is 1. The van der Waals surface area contributed by atoms with Gasteiger partial charge >= 0.3 is 6.18 Å². The molecule has 6 nitrogen and oxygen atoms in total. The molecule has 1 aliphatic rings. The summed E-state index contributed by atoms with van der Waals surface area (Å²) in [5.74, 6) is 0.174. The minimum absolute atomic E-state index is 0.000649. The molecule has 1 fully saturated rings. The van der Waals surface area contributed by atoms with Crippen molar-refractivity contribution in [2.24, 2.45) is 5.73 Å². The van der Waals surface area contributed by atoms with E-state index in [0.717, 1.165) is 18.1 Å². The predicted octanol–water partition coefficient (Wildman–Crippen LogP) is 4.10. The van der Waals surface area contributed by atoms with Gasteiger partial charge in [0.15, 0.2) is 11.6 Å². The lowest BCUT2D eigenvalue weighted by molar-refractivity contribution is -0.138. The standard InChI is InChI=1S/C24H23F3N4O2/c25-24(26,27)20-4-2-1-3-17(20)14-33-21-11-18(12-30-22(21)29)15-5-7-16(8-6-15)23(32)31-10-9-19(28)13-31/h1-8,11-12,19H,9-10,13-14,28H2,(H2,29,30). The van der Waals surface area contributed by atoms with Crippen LogP contribution in [0.15, 0.2) is 60.8 Å². The van der Waals surface area contributed by atoms with Gasteiger partial charge in [-0.2, -0.15) is 13.2 Å². The number of alkyl halides is 3. The number of nitrogens with zero attached hydrogens (tertiary/aromatic N) is 2. The number of hydrogen-bond acceptors (Lipinski definition) is 5. The van der Waals surface area contributed by atoms with Gasteiger partial charge in [0.1, 0.15) is 6.61 Å². The first-order chi connectivity index (χ1) is 15.7. The highest BCUT2D eigenvalue weighted by atomic mass is 19.4. The Hall–Kier alpha value is -3.59. The molecule has 0 saturated carbocycles. The summed E-state index contributed by atoms with van der Waals surface area (Å²) in [6.07, 6.45) is -2.15. The van der Waals surface area contributed by atoms with Crippen LogP contribution >= 0.6 is 0 Å². The number of amides is 1. The number of nitrogens with two attached hydrogens (primary N) is 2. The fourth-order valence-corrected chi connectivity index (χ4v) is 3.77. The van der Waals surface area contributed by atoms with Crippen LogP contribution in [0.5, 0.6) is 5.75 Å². The number of carbonyl (C=O) groups is 1. The van der Waals surface area contributed by atoms with E-state index in [4.69, 9.17) is 16.2 Å². The van der Waals surface area contributed by atoms with Crippen LogP contribution in [0, 0.1) is 0 Å². The normalized spacial score (nSPS) is 16.1. The molecule has 0 bridgehead atoms. The van der Waals surface area contributed by atoms with E-state index in [1.807, 2.05) is 0 Å². The third-order valence-corrected chi connectivity index (χ3v) is 5.56. The molecule has 9 heteroatoms. The summed E-state index contributed by atoms with van der Waals surface area (Å²) in [6, 6.07) is 13.8. The van der Waals surface area contributed by atoms with Crippen molar-refractivity contribution in [1.29, 1.82) is 0 Å². The Morgan fingerprint density at radius 1 is 1.12 bits per heavy atom. The molecule has 1 aliphatic heterocycles. The topological polar surface area (TPSA) is 94.5 Å². The Labute approximate surface area is 189 Å². The lowest BCUT2D eigenvalue weighted by atomic mass is 10.0.